The van der Waals surface area contributed by atoms with Gasteiger partial charge in [0.15, 0.2) is 11.5 Å². The van der Waals surface area contributed by atoms with Crippen molar-refractivity contribution in [3.8, 4) is 11.5 Å². The number of pyridine rings is 1. The maximum absolute atomic E-state index is 11.5. The molecule has 4 aromatic rings. The van der Waals surface area contributed by atoms with Crippen LogP contribution in [0.3, 0.4) is 0 Å². The van der Waals surface area contributed by atoms with E-state index in [1.807, 2.05) is 25.1 Å². The molecule has 2 fully saturated rings. The maximum Gasteiger partial charge on any atom is 0.292 e. The number of piperidine rings is 1. The summed E-state index contributed by atoms with van der Waals surface area (Å²) in [6.45, 7) is 5.79. The molecule has 41 heavy (non-hydrogen) atoms. The average molecular weight is 574 g/mol. The molecule has 2 aromatic heterocycles. The van der Waals surface area contributed by atoms with Gasteiger partial charge in [-0.25, -0.2) is 4.98 Å². The molecule has 0 bridgehead atoms. The van der Waals surface area contributed by atoms with E-state index < -0.39 is 11.8 Å². The fourth-order valence-electron chi connectivity index (χ4n) is 6.08. The highest BCUT2D eigenvalue weighted by Crippen LogP contribution is 2.49. The fourth-order valence-corrected chi connectivity index (χ4v) is 6.19. The Morgan fingerprint density at radius 3 is 2.66 bits per heavy atom. The molecule has 0 saturated carbocycles. The van der Waals surface area contributed by atoms with Gasteiger partial charge >= 0.3 is 0 Å². The highest BCUT2D eigenvalue weighted by atomic mass is 35.5. The molecule has 2 aromatic carbocycles. The highest BCUT2D eigenvalue weighted by Gasteiger charge is 2.42. The first-order chi connectivity index (χ1) is 19.9. The summed E-state index contributed by atoms with van der Waals surface area (Å²) in [6, 6.07) is 14.7. The second kappa shape index (κ2) is 10.3. The Morgan fingerprint density at radius 1 is 1.12 bits per heavy atom. The van der Waals surface area contributed by atoms with Gasteiger partial charge in [-0.2, -0.15) is 0 Å². The van der Waals surface area contributed by atoms with Crippen molar-refractivity contribution in [1.29, 1.82) is 0 Å². The first-order valence-corrected chi connectivity index (χ1v) is 14.4. The number of hydrogen-bond acceptors (Lipinski definition) is 8. The lowest BCUT2D eigenvalue weighted by Gasteiger charge is -2.33. The van der Waals surface area contributed by atoms with E-state index in [4.69, 9.17) is 30.8 Å². The summed E-state index contributed by atoms with van der Waals surface area (Å²) in [7, 11) is 0. The Morgan fingerprint density at radius 2 is 1.95 bits per heavy atom. The number of rotatable bonds is 7. The van der Waals surface area contributed by atoms with E-state index in [0.29, 0.717) is 29.7 Å². The van der Waals surface area contributed by atoms with Crippen molar-refractivity contribution in [2.75, 3.05) is 19.7 Å². The summed E-state index contributed by atoms with van der Waals surface area (Å²) in [5, 5.41) is 12.1. The van der Waals surface area contributed by atoms with Crippen molar-refractivity contribution in [2.45, 2.75) is 57.1 Å². The van der Waals surface area contributed by atoms with Crippen molar-refractivity contribution in [2.24, 2.45) is 0 Å². The standard InChI is InChI=1S/C31H31ClN4O5/c1-31(27-8-6-21(32)16-33-27)40-26-4-2-3-23(29(26)41-31)19-9-12-35(13-10-19)18-28-34-24-7-5-20(30(37)38)15-25(24)36(28)17-22-11-14-39-22/h2-8,15-16,19,22H,9-14,17-18H2,1H3,(H,37,38)/p-1/t22-,31?/m0/s1. The number of ether oxygens (including phenoxy) is 3. The lowest BCUT2D eigenvalue weighted by atomic mass is 9.88. The van der Waals surface area contributed by atoms with Crippen molar-refractivity contribution in [3.63, 3.8) is 0 Å². The first-order valence-electron chi connectivity index (χ1n) is 14.0. The molecule has 1 unspecified atom stereocenters. The van der Waals surface area contributed by atoms with Crippen LogP contribution in [0, 0.1) is 0 Å². The molecule has 0 radical (unpaired) electrons. The van der Waals surface area contributed by atoms with E-state index >= 15 is 0 Å². The summed E-state index contributed by atoms with van der Waals surface area (Å²) in [6.07, 6.45) is 4.65. The first kappa shape index (κ1) is 26.3. The maximum atomic E-state index is 11.5. The molecule has 2 saturated heterocycles. The van der Waals surface area contributed by atoms with Gasteiger partial charge in [0.05, 0.1) is 41.2 Å². The predicted octanol–water partition coefficient (Wildman–Crippen LogP) is 4.26. The highest BCUT2D eigenvalue weighted by molar-refractivity contribution is 6.30. The molecule has 9 nitrogen and oxygen atoms in total. The molecule has 3 aliphatic heterocycles. The minimum Gasteiger partial charge on any atom is -0.545 e. The Kier molecular flexibility index (Phi) is 6.60. The SMILES string of the molecule is CC1(c2ccc(Cl)cn2)Oc2cccc(C3CCN(Cc4nc5ccc(C(=O)[O-])cc5n4C[C@@H]4CCO4)CC3)c2O1. The Balaban J connectivity index is 1.07. The van der Waals surface area contributed by atoms with Crippen LogP contribution in [0.15, 0.2) is 54.7 Å². The van der Waals surface area contributed by atoms with Crippen LogP contribution in [-0.4, -0.2) is 51.2 Å². The molecular weight excluding hydrogens is 544 g/mol. The Labute approximate surface area is 242 Å². The van der Waals surface area contributed by atoms with E-state index in [9.17, 15) is 9.90 Å². The van der Waals surface area contributed by atoms with Gasteiger partial charge in [-0.05, 0) is 74.2 Å². The molecule has 0 aliphatic carbocycles. The third kappa shape index (κ3) is 4.92. The van der Waals surface area contributed by atoms with E-state index in [-0.39, 0.29) is 11.7 Å². The summed E-state index contributed by atoms with van der Waals surface area (Å²) in [4.78, 5) is 23.3. The normalized spacial score (nSPS) is 22.6. The van der Waals surface area contributed by atoms with Gasteiger partial charge < -0.3 is 28.7 Å². The molecule has 212 valence electrons. The van der Waals surface area contributed by atoms with Crippen LogP contribution in [-0.2, 0) is 23.6 Å². The van der Waals surface area contributed by atoms with Gasteiger partial charge in [-0.1, -0.05) is 29.8 Å². The second-order valence-electron chi connectivity index (χ2n) is 11.1. The third-order valence-corrected chi connectivity index (χ3v) is 8.66. The van der Waals surface area contributed by atoms with Crippen LogP contribution in [0.1, 0.15) is 59.5 Å². The van der Waals surface area contributed by atoms with Gasteiger partial charge in [-0.15, -0.1) is 0 Å². The summed E-state index contributed by atoms with van der Waals surface area (Å²) >= 11 is 6.04. The molecule has 0 amide bonds. The number of carbonyl (C=O) groups is 1. The van der Waals surface area contributed by atoms with E-state index in [0.717, 1.165) is 72.9 Å². The average Bonchev–Trinajstić information content (AvgIpc) is 3.47. The topological polar surface area (TPSA) is 102 Å². The molecule has 0 N–H and O–H groups in total. The largest absolute Gasteiger partial charge is 0.545 e. The Hall–Kier alpha value is -3.66. The lowest BCUT2D eigenvalue weighted by molar-refractivity contribution is -0.255. The number of halogens is 1. The summed E-state index contributed by atoms with van der Waals surface area (Å²) < 4.78 is 20.5. The smallest absolute Gasteiger partial charge is 0.292 e. The van der Waals surface area contributed by atoms with Gasteiger partial charge in [0.1, 0.15) is 11.5 Å². The molecule has 0 spiro atoms. The minimum atomic E-state index is -1.19. The lowest BCUT2D eigenvalue weighted by Crippen LogP contribution is -2.35. The number of aromatic nitrogens is 3. The van der Waals surface area contributed by atoms with Gasteiger partial charge in [-0.3, -0.25) is 9.88 Å². The van der Waals surface area contributed by atoms with Crippen molar-refractivity contribution in [3.05, 3.63) is 82.4 Å². The van der Waals surface area contributed by atoms with Gasteiger partial charge in [0.25, 0.3) is 5.79 Å². The van der Waals surface area contributed by atoms with E-state index in [1.54, 1.807) is 30.5 Å². The number of carboxylic acids is 1. The number of benzene rings is 2. The van der Waals surface area contributed by atoms with Crippen molar-refractivity contribution < 1.29 is 24.1 Å². The zero-order chi connectivity index (χ0) is 28.1. The van der Waals surface area contributed by atoms with Crippen LogP contribution in [0.25, 0.3) is 11.0 Å². The number of carboxylic acid groups (broad SMARTS) is 1. The predicted molar refractivity (Wildman–Crippen MR) is 150 cm³/mol. The molecule has 3 aliphatic rings. The number of para-hydroxylation sites is 1. The molecule has 2 atom stereocenters. The van der Waals surface area contributed by atoms with Crippen molar-refractivity contribution in [1.82, 2.24) is 19.4 Å². The summed E-state index contributed by atoms with van der Waals surface area (Å²) in [5.74, 6) is 0.577. The number of fused-ring (bicyclic) bond motifs is 2. The zero-order valence-corrected chi connectivity index (χ0v) is 23.5. The number of carbonyl (C=O) groups excluding carboxylic acids is 1. The van der Waals surface area contributed by atoms with Crippen LogP contribution in [0.4, 0.5) is 0 Å². The second-order valence-corrected chi connectivity index (χ2v) is 11.6. The quantitative estimate of drug-likeness (QED) is 0.323. The zero-order valence-electron chi connectivity index (χ0n) is 22.7. The van der Waals surface area contributed by atoms with Crippen LogP contribution >= 0.6 is 11.6 Å². The minimum absolute atomic E-state index is 0.125. The monoisotopic (exact) mass is 573 g/mol. The van der Waals surface area contributed by atoms with Crippen LogP contribution in [0.2, 0.25) is 5.02 Å². The molecule has 5 heterocycles. The third-order valence-electron chi connectivity index (χ3n) is 8.44. The van der Waals surface area contributed by atoms with Gasteiger partial charge in [0, 0.05) is 25.3 Å². The molecule has 7 rings (SSSR count). The summed E-state index contributed by atoms with van der Waals surface area (Å²) in [5.41, 5.74) is 3.58. The van der Waals surface area contributed by atoms with Gasteiger partial charge in [0.2, 0.25) is 0 Å². The Bertz CT molecular complexity index is 1610. The van der Waals surface area contributed by atoms with E-state index in [1.165, 1.54) is 0 Å². The number of aromatic carboxylic acids is 1. The number of likely N-dealkylation sites (tertiary alicyclic amines) is 1. The van der Waals surface area contributed by atoms with E-state index in [2.05, 4.69) is 20.5 Å². The number of nitrogens with zero attached hydrogens (tertiary/aromatic N) is 4. The fraction of sp³-hybridized carbons (Fsp3) is 0.387. The number of hydrogen-bond donors (Lipinski definition) is 0. The number of imidazole rings is 1. The van der Waals surface area contributed by atoms with Crippen LogP contribution < -0.4 is 14.6 Å². The van der Waals surface area contributed by atoms with Crippen molar-refractivity contribution >= 4 is 28.6 Å². The molecule has 10 heteroatoms. The van der Waals surface area contributed by atoms with Crippen LogP contribution in [0.5, 0.6) is 11.5 Å². The molecular formula is C31H30ClN4O5-.